The van der Waals surface area contributed by atoms with Crippen molar-refractivity contribution in [2.45, 2.75) is 25.8 Å². The van der Waals surface area contributed by atoms with E-state index in [2.05, 4.69) is 17.2 Å². The Kier molecular flexibility index (Phi) is 4.60. The summed E-state index contributed by atoms with van der Waals surface area (Å²) in [5.41, 5.74) is 0.749. The average Bonchev–Trinajstić information content (AvgIpc) is 2.34. The summed E-state index contributed by atoms with van der Waals surface area (Å²) in [5, 5.41) is 5.39. The van der Waals surface area contributed by atoms with Crippen LogP contribution in [-0.2, 0) is 0 Å². The summed E-state index contributed by atoms with van der Waals surface area (Å²) >= 11 is 13.9. The summed E-state index contributed by atoms with van der Waals surface area (Å²) < 4.78 is 0. The number of aliphatic imine (C=N–C) groups is 1. The molecule has 1 aliphatic heterocycles. The van der Waals surface area contributed by atoms with Crippen molar-refractivity contribution in [3.63, 3.8) is 0 Å². The van der Waals surface area contributed by atoms with Crippen molar-refractivity contribution in [3.05, 3.63) is 28.2 Å². The van der Waals surface area contributed by atoms with Crippen LogP contribution in [0.15, 0.2) is 23.2 Å². The van der Waals surface area contributed by atoms with Crippen LogP contribution in [0.25, 0.3) is 0 Å². The van der Waals surface area contributed by atoms with Gasteiger partial charge < -0.3 is 5.32 Å². The molecule has 1 atom stereocenters. The smallest absolute Gasteiger partial charge is 0.161 e. The predicted molar refractivity (Wildman–Crippen MR) is 78.7 cm³/mol. The molecule has 0 aliphatic carbocycles. The quantitative estimate of drug-likeness (QED) is 0.855. The Bertz CT molecular complexity index is 414. The van der Waals surface area contributed by atoms with Crippen LogP contribution in [0.1, 0.15) is 19.8 Å². The van der Waals surface area contributed by atoms with Gasteiger partial charge >= 0.3 is 0 Å². The molecule has 1 aromatic carbocycles. The van der Waals surface area contributed by atoms with Gasteiger partial charge in [0.25, 0.3) is 0 Å². The van der Waals surface area contributed by atoms with Gasteiger partial charge in [0.05, 0.1) is 21.8 Å². The van der Waals surface area contributed by atoms with Gasteiger partial charge in [-0.05, 0) is 25.0 Å². The van der Waals surface area contributed by atoms with Gasteiger partial charge in [0.1, 0.15) is 0 Å². The first-order chi connectivity index (χ1) is 8.20. The number of halogens is 2. The summed E-state index contributed by atoms with van der Waals surface area (Å²) in [4.78, 5) is 4.63. The Hall–Kier alpha value is -0.380. The van der Waals surface area contributed by atoms with Gasteiger partial charge in [0, 0.05) is 5.75 Å². The molecule has 1 aromatic rings. The molecule has 17 heavy (non-hydrogen) atoms. The number of benzene rings is 1. The topological polar surface area (TPSA) is 24.4 Å². The Morgan fingerprint density at radius 3 is 2.76 bits per heavy atom. The molecular formula is C12H14Cl2N2S. The summed E-state index contributed by atoms with van der Waals surface area (Å²) in [6.07, 6.45) is 2.21. The number of rotatable bonds is 2. The zero-order chi connectivity index (χ0) is 12.3. The van der Waals surface area contributed by atoms with Gasteiger partial charge in [0.15, 0.2) is 5.17 Å². The molecule has 0 spiro atoms. The third-order valence-electron chi connectivity index (χ3n) is 2.66. The van der Waals surface area contributed by atoms with Crippen LogP contribution in [0.5, 0.6) is 0 Å². The van der Waals surface area contributed by atoms with E-state index in [4.69, 9.17) is 23.2 Å². The minimum absolute atomic E-state index is 0.417. The van der Waals surface area contributed by atoms with Crippen molar-refractivity contribution < 1.29 is 0 Å². The van der Waals surface area contributed by atoms with Crippen LogP contribution in [0, 0.1) is 0 Å². The summed E-state index contributed by atoms with van der Waals surface area (Å²) in [7, 11) is 0. The minimum Gasteiger partial charge on any atom is -0.333 e. The number of hydrogen-bond acceptors (Lipinski definition) is 3. The van der Waals surface area contributed by atoms with Crippen molar-refractivity contribution in [2.75, 3.05) is 11.1 Å². The summed E-state index contributed by atoms with van der Waals surface area (Å²) in [6.45, 7) is 2.16. The van der Waals surface area contributed by atoms with Crippen molar-refractivity contribution in [1.29, 1.82) is 0 Å². The molecule has 0 bridgehead atoms. The SMILES string of the molecule is CCC1CCSC(Nc2c(Cl)cccc2Cl)=N1. The lowest BCUT2D eigenvalue weighted by Gasteiger charge is -2.20. The Morgan fingerprint density at radius 2 is 2.12 bits per heavy atom. The zero-order valence-electron chi connectivity index (χ0n) is 9.54. The number of amidine groups is 1. The highest BCUT2D eigenvalue weighted by molar-refractivity contribution is 8.14. The molecule has 2 rings (SSSR count). The first kappa shape index (κ1) is 13.1. The molecule has 0 amide bonds. The maximum absolute atomic E-state index is 6.11. The lowest BCUT2D eigenvalue weighted by atomic mass is 10.2. The highest BCUT2D eigenvalue weighted by atomic mass is 35.5. The lowest BCUT2D eigenvalue weighted by Crippen LogP contribution is -2.19. The number of para-hydroxylation sites is 1. The van der Waals surface area contributed by atoms with Crippen molar-refractivity contribution >= 4 is 45.8 Å². The molecule has 0 saturated carbocycles. The molecule has 1 unspecified atom stereocenters. The highest BCUT2D eigenvalue weighted by Gasteiger charge is 2.15. The van der Waals surface area contributed by atoms with Crippen LogP contribution in [0.4, 0.5) is 5.69 Å². The van der Waals surface area contributed by atoms with E-state index in [1.807, 2.05) is 18.2 Å². The van der Waals surface area contributed by atoms with Gasteiger partial charge in [-0.25, -0.2) is 0 Å². The van der Waals surface area contributed by atoms with Crippen LogP contribution in [0.3, 0.4) is 0 Å². The molecular weight excluding hydrogens is 275 g/mol. The van der Waals surface area contributed by atoms with E-state index in [-0.39, 0.29) is 0 Å². The van der Waals surface area contributed by atoms with Gasteiger partial charge in [-0.2, -0.15) is 0 Å². The molecule has 1 aliphatic rings. The van der Waals surface area contributed by atoms with E-state index in [0.717, 1.165) is 29.4 Å². The van der Waals surface area contributed by atoms with Crippen molar-refractivity contribution in [2.24, 2.45) is 4.99 Å². The molecule has 5 heteroatoms. The van der Waals surface area contributed by atoms with Crippen LogP contribution in [0.2, 0.25) is 10.0 Å². The van der Waals surface area contributed by atoms with Crippen LogP contribution >= 0.6 is 35.0 Å². The molecule has 0 saturated heterocycles. The van der Waals surface area contributed by atoms with Crippen LogP contribution in [-0.4, -0.2) is 17.0 Å². The monoisotopic (exact) mass is 288 g/mol. The van der Waals surface area contributed by atoms with Crippen molar-refractivity contribution in [1.82, 2.24) is 0 Å². The Morgan fingerprint density at radius 1 is 1.41 bits per heavy atom. The Labute approximate surface area is 116 Å². The summed E-state index contributed by atoms with van der Waals surface area (Å²) in [5.74, 6) is 1.09. The second-order valence-corrected chi connectivity index (χ2v) is 5.75. The third-order valence-corrected chi connectivity index (χ3v) is 4.21. The van der Waals surface area contributed by atoms with E-state index >= 15 is 0 Å². The fourth-order valence-corrected chi connectivity index (χ4v) is 3.12. The predicted octanol–water partition coefficient (Wildman–Crippen LogP) is 4.68. The second-order valence-electron chi connectivity index (χ2n) is 3.86. The van der Waals surface area contributed by atoms with E-state index in [9.17, 15) is 0 Å². The average molecular weight is 289 g/mol. The van der Waals surface area contributed by atoms with E-state index in [1.54, 1.807) is 11.8 Å². The maximum Gasteiger partial charge on any atom is 0.161 e. The van der Waals surface area contributed by atoms with Gasteiger partial charge in [0.2, 0.25) is 0 Å². The highest BCUT2D eigenvalue weighted by Crippen LogP contribution is 2.31. The number of hydrogen-bond donors (Lipinski definition) is 1. The molecule has 0 aromatic heterocycles. The largest absolute Gasteiger partial charge is 0.333 e. The van der Waals surface area contributed by atoms with Gasteiger partial charge in [-0.15, -0.1) is 0 Å². The van der Waals surface area contributed by atoms with Gasteiger partial charge in [-0.3, -0.25) is 4.99 Å². The molecule has 92 valence electrons. The summed E-state index contributed by atoms with van der Waals surface area (Å²) in [6, 6.07) is 5.89. The number of nitrogens with zero attached hydrogens (tertiary/aromatic N) is 1. The number of anilines is 1. The molecule has 2 nitrogen and oxygen atoms in total. The molecule has 0 fully saturated rings. The molecule has 0 radical (unpaired) electrons. The molecule has 1 heterocycles. The fourth-order valence-electron chi connectivity index (χ4n) is 1.65. The van der Waals surface area contributed by atoms with E-state index < -0.39 is 0 Å². The minimum atomic E-state index is 0.417. The second kappa shape index (κ2) is 5.98. The lowest BCUT2D eigenvalue weighted by molar-refractivity contribution is 0.634. The van der Waals surface area contributed by atoms with Crippen molar-refractivity contribution in [3.8, 4) is 0 Å². The third kappa shape index (κ3) is 3.30. The number of thioether (sulfide) groups is 1. The first-order valence-corrected chi connectivity index (χ1v) is 7.36. The first-order valence-electron chi connectivity index (χ1n) is 5.62. The van der Waals surface area contributed by atoms with E-state index in [1.165, 1.54) is 0 Å². The van der Waals surface area contributed by atoms with Crippen LogP contribution < -0.4 is 5.32 Å². The fraction of sp³-hybridized carbons (Fsp3) is 0.417. The molecule has 1 N–H and O–H groups in total. The van der Waals surface area contributed by atoms with E-state index in [0.29, 0.717) is 16.1 Å². The zero-order valence-corrected chi connectivity index (χ0v) is 11.9. The maximum atomic E-state index is 6.11. The Balaban J connectivity index is 2.18. The van der Waals surface area contributed by atoms with Gasteiger partial charge in [-0.1, -0.05) is 48.0 Å². The number of nitrogens with one attached hydrogen (secondary N) is 1. The normalized spacial score (nSPS) is 19.9. The standard InChI is InChI=1S/C12H14Cl2N2S/c1-2-8-6-7-17-12(15-8)16-11-9(13)4-3-5-10(11)14/h3-5,8H,2,6-7H2,1H3,(H,15,16).